The van der Waals surface area contributed by atoms with E-state index in [0.29, 0.717) is 17.2 Å². The number of carbonyl (C=O) groups is 2. The minimum absolute atomic E-state index is 0.156. The first-order valence-corrected chi connectivity index (χ1v) is 6.99. The SMILES string of the molecule is CC(=O)Nc1cccc(NC(=O)c2ccc(-n3cncn3)nn2)c1. The van der Waals surface area contributed by atoms with Crippen molar-refractivity contribution < 1.29 is 9.59 Å². The average Bonchev–Trinajstić information content (AvgIpc) is 3.09. The van der Waals surface area contributed by atoms with Gasteiger partial charge in [-0.25, -0.2) is 9.67 Å². The van der Waals surface area contributed by atoms with Gasteiger partial charge in [0.1, 0.15) is 12.7 Å². The van der Waals surface area contributed by atoms with Gasteiger partial charge in [0.05, 0.1) is 0 Å². The van der Waals surface area contributed by atoms with Gasteiger partial charge in [-0.2, -0.15) is 5.10 Å². The molecule has 0 aliphatic rings. The van der Waals surface area contributed by atoms with Crippen molar-refractivity contribution in [3.63, 3.8) is 0 Å². The summed E-state index contributed by atoms with van der Waals surface area (Å²) < 4.78 is 1.44. The summed E-state index contributed by atoms with van der Waals surface area (Å²) in [5.41, 5.74) is 1.28. The smallest absolute Gasteiger partial charge is 0.276 e. The van der Waals surface area contributed by atoms with Crippen molar-refractivity contribution >= 4 is 23.2 Å². The predicted molar refractivity (Wildman–Crippen MR) is 85.6 cm³/mol. The van der Waals surface area contributed by atoms with E-state index in [1.54, 1.807) is 30.3 Å². The van der Waals surface area contributed by atoms with E-state index in [1.165, 1.54) is 30.3 Å². The van der Waals surface area contributed by atoms with E-state index < -0.39 is 5.91 Å². The van der Waals surface area contributed by atoms with Crippen molar-refractivity contribution in [2.45, 2.75) is 6.92 Å². The van der Waals surface area contributed by atoms with E-state index in [4.69, 9.17) is 0 Å². The van der Waals surface area contributed by atoms with Crippen LogP contribution in [0.1, 0.15) is 17.4 Å². The Balaban J connectivity index is 1.72. The zero-order valence-corrected chi connectivity index (χ0v) is 12.7. The van der Waals surface area contributed by atoms with Crippen LogP contribution in [-0.4, -0.2) is 36.8 Å². The maximum atomic E-state index is 12.2. The van der Waals surface area contributed by atoms with Gasteiger partial charge < -0.3 is 10.6 Å². The summed E-state index contributed by atoms with van der Waals surface area (Å²) in [5.74, 6) is -0.141. The van der Waals surface area contributed by atoms with Crippen molar-refractivity contribution in [3.8, 4) is 5.82 Å². The minimum Gasteiger partial charge on any atom is -0.326 e. The molecule has 0 aliphatic carbocycles. The van der Waals surface area contributed by atoms with Crippen molar-refractivity contribution in [2.75, 3.05) is 10.6 Å². The first kappa shape index (κ1) is 15.3. The van der Waals surface area contributed by atoms with Crippen LogP contribution in [0.25, 0.3) is 5.82 Å². The molecule has 3 rings (SSSR count). The van der Waals surface area contributed by atoms with Gasteiger partial charge in [-0.1, -0.05) is 6.07 Å². The normalized spacial score (nSPS) is 10.2. The summed E-state index contributed by atoms with van der Waals surface area (Å²) in [7, 11) is 0. The molecule has 0 fully saturated rings. The lowest BCUT2D eigenvalue weighted by Gasteiger charge is -2.07. The summed E-state index contributed by atoms with van der Waals surface area (Å²) >= 11 is 0. The van der Waals surface area contributed by atoms with Crippen LogP contribution >= 0.6 is 0 Å². The summed E-state index contributed by atoms with van der Waals surface area (Å²) in [6.07, 6.45) is 2.86. The molecule has 2 N–H and O–H groups in total. The van der Waals surface area contributed by atoms with Crippen LogP contribution in [0, 0.1) is 0 Å². The van der Waals surface area contributed by atoms with E-state index in [-0.39, 0.29) is 11.6 Å². The quantitative estimate of drug-likeness (QED) is 0.747. The molecule has 1 aromatic carbocycles. The van der Waals surface area contributed by atoms with Gasteiger partial charge >= 0.3 is 0 Å². The number of nitrogens with zero attached hydrogens (tertiary/aromatic N) is 5. The highest BCUT2D eigenvalue weighted by Gasteiger charge is 2.10. The number of hydrogen-bond donors (Lipinski definition) is 2. The molecular formula is C15H13N7O2. The van der Waals surface area contributed by atoms with E-state index in [0.717, 1.165) is 0 Å². The fourth-order valence-corrected chi connectivity index (χ4v) is 1.97. The molecule has 2 heterocycles. The molecule has 2 amide bonds. The van der Waals surface area contributed by atoms with Crippen LogP contribution in [0.2, 0.25) is 0 Å². The molecule has 9 heteroatoms. The van der Waals surface area contributed by atoms with Crippen molar-refractivity contribution in [2.24, 2.45) is 0 Å². The van der Waals surface area contributed by atoms with Crippen molar-refractivity contribution in [3.05, 3.63) is 54.7 Å². The van der Waals surface area contributed by atoms with Gasteiger partial charge in [-0.15, -0.1) is 10.2 Å². The number of aromatic nitrogens is 5. The lowest BCUT2D eigenvalue weighted by molar-refractivity contribution is -0.114. The second-order valence-corrected chi connectivity index (χ2v) is 4.83. The highest BCUT2D eigenvalue weighted by molar-refractivity contribution is 6.03. The second-order valence-electron chi connectivity index (χ2n) is 4.83. The Hall–Kier alpha value is -3.62. The molecule has 0 saturated heterocycles. The Bertz CT molecular complexity index is 860. The highest BCUT2D eigenvalue weighted by Crippen LogP contribution is 2.15. The molecular weight excluding hydrogens is 310 g/mol. The Labute approximate surface area is 136 Å². The molecule has 24 heavy (non-hydrogen) atoms. The molecule has 0 radical (unpaired) electrons. The third kappa shape index (κ3) is 3.58. The number of nitrogens with one attached hydrogen (secondary N) is 2. The Morgan fingerprint density at radius 1 is 1.04 bits per heavy atom. The van der Waals surface area contributed by atoms with Crippen molar-refractivity contribution in [1.82, 2.24) is 25.0 Å². The number of rotatable bonds is 4. The molecule has 9 nitrogen and oxygen atoms in total. The van der Waals surface area contributed by atoms with Crippen LogP contribution in [0.4, 0.5) is 11.4 Å². The molecule has 2 aromatic heterocycles. The van der Waals surface area contributed by atoms with E-state index in [1.807, 2.05) is 0 Å². The lowest BCUT2D eigenvalue weighted by Crippen LogP contribution is -2.15. The second kappa shape index (κ2) is 6.65. The summed E-state index contributed by atoms with van der Waals surface area (Å²) in [4.78, 5) is 27.1. The largest absolute Gasteiger partial charge is 0.326 e. The van der Waals surface area contributed by atoms with Gasteiger partial charge in [0.25, 0.3) is 5.91 Å². The Morgan fingerprint density at radius 2 is 1.83 bits per heavy atom. The fraction of sp³-hybridized carbons (Fsp3) is 0.0667. The molecule has 3 aromatic rings. The molecule has 120 valence electrons. The minimum atomic E-state index is -0.410. The van der Waals surface area contributed by atoms with E-state index in [2.05, 4.69) is 30.9 Å². The number of benzene rings is 1. The molecule has 0 aliphatic heterocycles. The first-order chi connectivity index (χ1) is 11.6. The van der Waals surface area contributed by atoms with Gasteiger partial charge in [-0.05, 0) is 30.3 Å². The van der Waals surface area contributed by atoms with Crippen LogP contribution in [0.5, 0.6) is 0 Å². The van der Waals surface area contributed by atoms with Crippen LogP contribution in [0.3, 0.4) is 0 Å². The van der Waals surface area contributed by atoms with Crippen molar-refractivity contribution in [1.29, 1.82) is 0 Å². The summed E-state index contributed by atoms with van der Waals surface area (Å²) in [6, 6.07) is 9.96. The standard InChI is InChI=1S/C15H13N7O2/c1-10(23)18-11-3-2-4-12(7-11)19-15(24)13-5-6-14(21-20-13)22-9-16-8-17-22/h2-9H,1H3,(H,18,23)(H,19,24). The van der Waals surface area contributed by atoms with Crippen LogP contribution in [-0.2, 0) is 4.79 Å². The fourth-order valence-electron chi connectivity index (χ4n) is 1.97. The van der Waals surface area contributed by atoms with Gasteiger partial charge in [0.15, 0.2) is 11.5 Å². The monoisotopic (exact) mass is 323 g/mol. The molecule has 0 atom stereocenters. The van der Waals surface area contributed by atoms with Crippen LogP contribution in [0.15, 0.2) is 49.1 Å². The molecule has 0 unspecified atom stereocenters. The first-order valence-electron chi connectivity index (χ1n) is 6.99. The summed E-state index contributed by atoms with van der Waals surface area (Å²) in [5, 5.41) is 17.1. The van der Waals surface area contributed by atoms with E-state index in [9.17, 15) is 9.59 Å². The predicted octanol–water partition coefficient (Wildman–Crippen LogP) is 1.27. The Morgan fingerprint density at radius 3 is 2.46 bits per heavy atom. The zero-order chi connectivity index (χ0) is 16.9. The molecule has 0 spiro atoms. The molecule has 0 saturated carbocycles. The third-order valence-corrected chi connectivity index (χ3v) is 2.98. The highest BCUT2D eigenvalue weighted by atomic mass is 16.2. The number of anilines is 2. The zero-order valence-electron chi connectivity index (χ0n) is 12.7. The Kier molecular flexibility index (Phi) is 4.23. The topological polar surface area (TPSA) is 115 Å². The lowest BCUT2D eigenvalue weighted by atomic mass is 10.2. The van der Waals surface area contributed by atoms with Gasteiger partial charge in [0, 0.05) is 18.3 Å². The maximum absolute atomic E-state index is 12.2. The maximum Gasteiger partial charge on any atom is 0.276 e. The van der Waals surface area contributed by atoms with E-state index >= 15 is 0 Å². The van der Waals surface area contributed by atoms with Gasteiger partial charge in [0.2, 0.25) is 5.91 Å². The third-order valence-electron chi connectivity index (χ3n) is 2.98. The average molecular weight is 323 g/mol. The number of carbonyl (C=O) groups excluding carboxylic acids is 2. The number of amides is 2. The number of hydrogen-bond acceptors (Lipinski definition) is 6. The summed E-state index contributed by atoms with van der Waals surface area (Å²) in [6.45, 7) is 1.41. The molecule has 0 bridgehead atoms. The van der Waals surface area contributed by atoms with Gasteiger partial charge in [-0.3, -0.25) is 9.59 Å². The van der Waals surface area contributed by atoms with Crippen LogP contribution < -0.4 is 10.6 Å².